The first-order valence-electron chi connectivity index (χ1n) is 10.4. The molecule has 1 N–H and O–H groups in total. The van der Waals surface area contributed by atoms with Crippen molar-refractivity contribution in [3.05, 3.63) is 47.3 Å². The predicted molar refractivity (Wildman–Crippen MR) is 115 cm³/mol. The van der Waals surface area contributed by atoms with Crippen LogP contribution >= 0.6 is 0 Å². The molecule has 0 amide bonds. The van der Waals surface area contributed by atoms with Crippen molar-refractivity contribution in [3.8, 4) is 5.75 Å². The first kappa shape index (κ1) is 21.2. The largest absolute Gasteiger partial charge is 0.493 e. The van der Waals surface area contributed by atoms with Gasteiger partial charge in [0.2, 0.25) is 0 Å². The predicted octanol–water partition coefficient (Wildman–Crippen LogP) is 2.84. The molecule has 1 aliphatic heterocycles. The van der Waals surface area contributed by atoms with Gasteiger partial charge in [0.15, 0.2) is 5.96 Å². The normalized spacial score (nSPS) is 17.4. The summed E-state index contributed by atoms with van der Waals surface area (Å²) in [6, 6.07) is 6.23. The van der Waals surface area contributed by atoms with Gasteiger partial charge in [-0.25, -0.2) is 0 Å². The number of ether oxygens (including phenoxy) is 2. The number of nitrogens with one attached hydrogen (secondary N) is 1. The molecule has 1 saturated heterocycles. The Kier molecular flexibility index (Phi) is 7.52. The number of hydrogen-bond donors (Lipinski definition) is 1. The Labute approximate surface area is 173 Å². The number of nitrogens with zero attached hydrogens (tertiary/aromatic N) is 4. The zero-order valence-electron chi connectivity index (χ0n) is 18.0. The number of morpholine rings is 1. The second-order valence-electron chi connectivity index (χ2n) is 7.41. The van der Waals surface area contributed by atoms with Crippen LogP contribution in [0.3, 0.4) is 0 Å². The van der Waals surface area contributed by atoms with E-state index in [2.05, 4.69) is 54.3 Å². The quantitative estimate of drug-likeness (QED) is 0.441. The summed E-state index contributed by atoms with van der Waals surface area (Å²) in [6.07, 6.45) is 4.79. The van der Waals surface area contributed by atoms with Gasteiger partial charge in [-0.3, -0.25) is 9.67 Å². The van der Waals surface area contributed by atoms with Crippen LogP contribution < -0.4 is 10.1 Å². The molecule has 0 radical (unpaired) electrons. The molecule has 1 aromatic carbocycles. The van der Waals surface area contributed by atoms with E-state index in [4.69, 9.17) is 14.5 Å². The molecule has 1 aliphatic rings. The fourth-order valence-corrected chi connectivity index (χ4v) is 3.53. The summed E-state index contributed by atoms with van der Waals surface area (Å²) in [5, 5.41) is 7.68. The maximum Gasteiger partial charge on any atom is 0.194 e. The Morgan fingerprint density at radius 3 is 2.83 bits per heavy atom. The molecule has 0 bridgehead atoms. The van der Waals surface area contributed by atoms with Crippen LogP contribution in [-0.4, -0.2) is 60.0 Å². The summed E-state index contributed by atoms with van der Waals surface area (Å²) < 4.78 is 13.8. The molecule has 2 aromatic rings. The molecule has 3 rings (SSSR count). The van der Waals surface area contributed by atoms with E-state index in [1.807, 2.05) is 24.1 Å². The van der Waals surface area contributed by atoms with Crippen molar-refractivity contribution in [1.29, 1.82) is 0 Å². The third-order valence-electron chi connectivity index (χ3n) is 5.02. The van der Waals surface area contributed by atoms with E-state index in [0.717, 1.165) is 49.9 Å². The number of aromatic nitrogens is 2. The van der Waals surface area contributed by atoms with E-state index >= 15 is 0 Å². The molecule has 7 nitrogen and oxygen atoms in total. The second-order valence-corrected chi connectivity index (χ2v) is 7.41. The number of aliphatic imine (C=N–C) groups is 1. The summed E-state index contributed by atoms with van der Waals surface area (Å²) in [7, 11) is 1.93. The minimum Gasteiger partial charge on any atom is -0.493 e. The highest BCUT2D eigenvalue weighted by atomic mass is 16.5. The van der Waals surface area contributed by atoms with E-state index < -0.39 is 0 Å². The highest BCUT2D eigenvalue weighted by Crippen LogP contribution is 2.23. The average molecular weight is 400 g/mol. The zero-order valence-corrected chi connectivity index (χ0v) is 18.0. The Bertz CT molecular complexity index is 797. The van der Waals surface area contributed by atoms with Gasteiger partial charge in [-0.1, -0.05) is 18.2 Å². The molecule has 0 saturated carbocycles. The van der Waals surface area contributed by atoms with Crippen molar-refractivity contribution in [2.75, 3.05) is 39.4 Å². The number of aryl methyl sites for hydroxylation is 3. The van der Waals surface area contributed by atoms with Crippen molar-refractivity contribution >= 4 is 5.96 Å². The lowest BCUT2D eigenvalue weighted by atomic mass is 10.1. The SMILES string of the molecule is CCNC(=NCCCOc1c(C)cccc1C)N1CCOC(c2cnn(C)c2)C1. The van der Waals surface area contributed by atoms with E-state index in [0.29, 0.717) is 13.2 Å². The third-order valence-corrected chi connectivity index (χ3v) is 5.02. The van der Waals surface area contributed by atoms with Crippen LogP contribution in [-0.2, 0) is 11.8 Å². The van der Waals surface area contributed by atoms with Gasteiger partial charge in [0.25, 0.3) is 0 Å². The Morgan fingerprint density at radius 1 is 1.34 bits per heavy atom. The van der Waals surface area contributed by atoms with Crippen molar-refractivity contribution < 1.29 is 9.47 Å². The number of hydrogen-bond acceptors (Lipinski definition) is 4. The van der Waals surface area contributed by atoms with Gasteiger partial charge in [-0.15, -0.1) is 0 Å². The molecule has 158 valence electrons. The molecule has 0 spiro atoms. The van der Waals surface area contributed by atoms with Gasteiger partial charge in [-0.05, 0) is 31.9 Å². The lowest BCUT2D eigenvalue weighted by molar-refractivity contribution is -0.00804. The smallest absolute Gasteiger partial charge is 0.194 e. The fourth-order valence-electron chi connectivity index (χ4n) is 3.53. The van der Waals surface area contributed by atoms with Crippen LogP contribution in [0.4, 0.5) is 0 Å². The number of guanidine groups is 1. The van der Waals surface area contributed by atoms with Gasteiger partial charge < -0.3 is 19.7 Å². The van der Waals surface area contributed by atoms with Crippen molar-refractivity contribution in [3.63, 3.8) is 0 Å². The Balaban J connectivity index is 1.53. The topological polar surface area (TPSA) is 63.9 Å². The minimum absolute atomic E-state index is 0.0219. The second kappa shape index (κ2) is 10.3. The van der Waals surface area contributed by atoms with Crippen LogP contribution in [0.1, 0.15) is 36.1 Å². The van der Waals surface area contributed by atoms with Crippen molar-refractivity contribution in [2.24, 2.45) is 12.0 Å². The lowest BCUT2D eigenvalue weighted by Crippen LogP contribution is -2.48. The van der Waals surface area contributed by atoms with Crippen LogP contribution in [0.15, 0.2) is 35.6 Å². The summed E-state index contributed by atoms with van der Waals surface area (Å²) in [4.78, 5) is 7.10. The monoisotopic (exact) mass is 399 g/mol. The van der Waals surface area contributed by atoms with Crippen molar-refractivity contribution in [1.82, 2.24) is 20.0 Å². The van der Waals surface area contributed by atoms with Gasteiger partial charge in [0, 0.05) is 44.9 Å². The average Bonchev–Trinajstić information content (AvgIpc) is 3.15. The highest BCUT2D eigenvalue weighted by Gasteiger charge is 2.25. The summed E-state index contributed by atoms with van der Waals surface area (Å²) in [5.41, 5.74) is 3.46. The fraction of sp³-hybridized carbons (Fsp3) is 0.545. The van der Waals surface area contributed by atoms with E-state index in [-0.39, 0.29) is 6.10 Å². The van der Waals surface area contributed by atoms with Crippen LogP contribution in [0.25, 0.3) is 0 Å². The third kappa shape index (κ3) is 5.73. The number of para-hydroxylation sites is 1. The van der Waals surface area contributed by atoms with Crippen LogP contribution in [0, 0.1) is 13.8 Å². The summed E-state index contributed by atoms with van der Waals surface area (Å²) >= 11 is 0. The summed E-state index contributed by atoms with van der Waals surface area (Å²) in [6.45, 7) is 10.8. The van der Waals surface area contributed by atoms with Gasteiger partial charge in [-0.2, -0.15) is 5.10 Å². The van der Waals surface area contributed by atoms with E-state index in [1.54, 1.807) is 0 Å². The molecular weight excluding hydrogens is 366 g/mol. The maximum atomic E-state index is 6.00. The van der Waals surface area contributed by atoms with E-state index in [9.17, 15) is 0 Å². The zero-order chi connectivity index (χ0) is 20.6. The molecule has 7 heteroatoms. The van der Waals surface area contributed by atoms with Crippen molar-refractivity contribution in [2.45, 2.75) is 33.3 Å². The molecular formula is C22H33N5O2. The molecule has 1 unspecified atom stereocenters. The lowest BCUT2D eigenvalue weighted by Gasteiger charge is -2.34. The van der Waals surface area contributed by atoms with Gasteiger partial charge in [0.1, 0.15) is 11.9 Å². The first-order chi connectivity index (χ1) is 14.1. The number of rotatable bonds is 7. The van der Waals surface area contributed by atoms with Gasteiger partial charge >= 0.3 is 0 Å². The Morgan fingerprint density at radius 2 is 2.14 bits per heavy atom. The Hall–Kier alpha value is -2.54. The number of benzene rings is 1. The summed E-state index contributed by atoms with van der Waals surface area (Å²) in [5.74, 6) is 1.94. The van der Waals surface area contributed by atoms with Crippen LogP contribution in [0.2, 0.25) is 0 Å². The molecule has 2 heterocycles. The van der Waals surface area contributed by atoms with E-state index in [1.165, 1.54) is 11.1 Å². The highest BCUT2D eigenvalue weighted by molar-refractivity contribution is 5.80. The minimum atomic E-state index is 0.0219. The molecule has 0 aliphatic carbocycles. The molecule has 1 atom stereocenters. The first-order valence-corrected chi connectivity index (χ1v) is 10.4. The molecule has 1 aromatic heterocycles. The molecule has 1 fully saturated rings. The maximum absolute atomic E-state index is 6.00. The molecule has 29 heavy (non-hydrogen) atoms. The standard InChI is InChI=1S/C22H33N5O2/c1-5-23-22(24-10-7-12-29-21-17(2)8-6-9-18(21)3)27-11-13-28-20(16-27)19-14-25-26(4)15-19/h6,8-9,14-15,20H,5,7,10-13,16H2,1-4H3,(H,23,24). The van der Waals surface area contributed by atoms with Gasteiger partial charge in [0.05, 0.1) is 26.0 Å². The van der Waals surface area contributed by atoms with Crippen LogP contribution in [0.5, 0.6) is 5.75 Å².